The van der Waals surface area contributed by atoms with Crippen molar-refractivity contribution < 1.29 is 4.74 Å². The van der Waals surface area contributed by atoms with Crippen LogP contribution in [0.4, 0.5) is 5.69 Å². The fourth-order valence-electron chi connectivity index (χ4n) is 4.19. The number of methoxy groups -OCH3 is 1. The average molecular weight is 336 g/mol. The predicted molar refractivity (Wildman–Crippen MR) is 105 cm³/mol. The van der Waals surface area contributed by atoms with Gasteiger partial charge >= 0.3 is 0 Å². The van der Waals surface area contributed by atoms with Crippen LogP contribution in [0.25, 0.3) is 11.1 Å². The molecule has 4 rings (SSSR count). The van der Waals surface area contributed by atoms with Crippen molar-refractivity contribution in [2.45, 2.75) is 38.6 Å². The Bertz CT molecular complexity index is 769. The largest absolute Gasteiger partial charge is 0.496 e. The number of anilines is 1. The summed E-state index contributed by atoms with van der Waals surface area (Å²) in [6, 6.07) is 14.2. The first kappa shape index (κ1) is 16.5. The van der Waals surface area contributed by atoms with Crippen molar-refractivity contribution in [2.24, 2.45) is 0 Å². The molecule has 0 amide bonds. The maximum Gasteiger partial charge on any atom is 0.126 e. The van der Waals surface area contributed by atoms with Crippen LogP contribution in [0.1, 0.15) is 37.3 Å². The fraction of sp³-hybridized carbons (Fsp3) is 0.455. The lowest BCUT2D eigenvalue weighted by Crippen LogP contribution is -2.32. The van der Waals surface area contributed by atoms with Crippen LogP contribution in [0.2, 0.25) is 0 Å². The van der Waals surface area contributed by atoms with Crippen molar-refractivity contribution in [3.05, 3.63) is 47.5 Å². The van der Waals surface area contributed by atoms with E-state index in [-0.39, 0.29) is 0 Å². The SMILES string of the molecule is COc1cc(C(C)C)ccc1-c1ccc2c(c1)N1CCNCCC1C2. The Morgan fingerprint density at radius 3 is 2.80 bits per heavy atom. The van der Waals surface area contributed by atoms with Crippen LogP contribution in [0.3, 0.4) is 0 Å². The zero-order valence-electron chi connectivity index (χ0n) is 15.5. The van der Waals surface area contributed by atoms with Crippen molar-refractivity contribution in [3.63, 3.8) is 0 Å². The molecule has 1 unspecified atom stereocenters. The molecule has 0 radical (unpaired) electrons. The number of fused-ring (bicyclic) bond motifs is 3. The van der Waals surface area contributed by atoms with Crippen LogP contribution >= 0.6 is 0 Å². The summed E-state index contributed by atoms with van der Waals surface area (Å²) in [5.41, 5.74) is 6.67. The van der Waals surface area contributed by atoms with Gasteiger partial charge in [-0.3, -0.25) is 0 Å². The minimum Gasteiger partial charge on any atom is -0.496 e. The fourth-order valence-corrected chi connectivity index (χ4v) is 4.19. The smallest absolute Gasteiger partial charge is 0.126 e. The number of nitrogens with one attached hydrogen (secondary N) is 1. The predicted octanol–water partition coefficient (Wildman–Crippen LogP) is 4.21. The number of hydrogen-bond donors (Lipinski definition) is 1. The van der Waals surface area contributed by atoms with E-state index in [1.54, 1.807) is 7.11 Å². The van der Waals surface area contributed by atoms with Gasteiger partial charge in [0, 0.05) is 30.4 Å². The summed E-state index contributed by atoms with van der Waals surface area (Å²) in [7, 11) is 1.77. The van der Waals surface area contributed by atoms with Gasteiger partial charge in [-0.1, -0.05) is 38.1 Å². The van der Waals surface area contributed by atoms with Gasteiger partial charge in [-0.05, 0) is 54.1 Å². The van der Waals surface area contributed by atoms with E-state index in [2.05, 4.69) is 60.5 Å². The molecule has 0 saturated carbocycles. The molecule has 1 N–H and O–H groups in total. The Kier molecular flexibility index (Phi) is 4.43. The second kappa shape index (κ2) is 6.72. The molecule has 3 heteroatoms. The summed E-state index contributed by atoms with van der Waals surface area (Å²) in [6.45, 7) is 7.75. The van der Waals surface area contributed by atoms with Gasteiger partial charge < -0.3 is 15.0 Å². The minimum absolute atomic E-state index is 0.508. The lowest BCUT2D eigenvalue weighted by molar-refractivity contribution is 0.415. The molecule has 2 heterocycles. The molecule has 0 bridgehead atoms. The maximum atomic E-state index is 5.71. The van der Waals surface area contributed by atoms with E-state index >= 15 is 0 Å². The van der Waals surface area contributed by atoms with Gasteiger partial charge in [-0.15, -0.1) is 0 Å². The molecule has 3 nitrogen and oxygen atoms in total. The summed E-state index contributed by atoms with van der Waals surface area (Å²) in [5, 5.41) is 3.53. The van der Waals surface area contributed by atoms with E-state index in [0.29, 0.717) is 12.0 Å². The first-order chi connectivity index (χ1) is 12.2. The standard InChI is InChI=1S/C22H28N2O/c1-15(2)16-6-7-20(22(14-16)25-3)17-4-5-18-12-19-8-9-23-10-11-24(19)21(18)13-17/h4-7,13-15,19,23H,8-12H2,1-3H3. The molecule has 1 saturated heterocycles. The lowest BCUT2D eigenvalue weighted by atomic mass is 9.96. The number of benzene rings is 2. The second-order valence-corrected chi connectivity index (χ2v) is 7.55. The van der Waals surface area contributed by atoms with Gasteiger partial charge in [-0.2, -0.15) is 0 Å². The highest BCUT2D eigenvalue weighted by molar-refractivity contribution is 5.77. The minimum atomic E-state index is 0.508. The Balaban J connectivity index is 1.72. The Morgan fingerprint density at radius 1 is 1.12 bits per heavy atom. The normalized spacial score (nSPS) is 19.5. The van der Waals surface area contributed by atoms with Crippen molar-refractivity contribution in [1.29, 1.82) is 0 Å². The van der Waals surface area contributed by atoms with Crippen LogP contribution in [-0.4, -0.2) is 32.8 Å². The van der Waals surface area contributed by atoms with Crippen molar-refractivity contribution >= 4 is 5.69 Å². The Labute approximate surface area is 151 Å². The Hall–Kier alpha value is -2.00. The zero-order chi connectivity index (χ0) is 17.4. The molecule has 2 aliphatic rings. The molecule has 2 aromatic carbocycles. The Morgan fingerprint density at radius 2 is 2.00 bits per heavy atom. The molecule has 132 valence electrons. The third-order valence-corrected chi connectivity index (χ3v) is 5.68. The van der Waals surface area contributed by atoms with E-state index in [0.717, 1.165) is 25.4 Å². The molecular weight excluding hydrogens is 308 g/mol. The third-order valence-electron chi connectivity index (χ3n) is 5.68. The van der Waals surface area contributed by atoms with Gasteiger partial charge in [-0.25, -0.2) is 0 Å². The summed E-state index contributed by atoms with van der Waals surface area (Å²) >= 11 is 0. The summed E-state index contributed by atoms with van der Waals surface area (Å²) < 4.78 is 5.71. The average Bonchev–Trinajstić information content (AvgIpc) is 2.81. The molecular formula is C22H28N2O. The van der Waals surface area contributed by atoms with Crippen molar-refractivity contribution in [3.8, 4) is 16.9 Å². The van der Waals surface area contributed by atoms with Crippen LogP contribution in [0.15, 0.2) is 36.4 Å². The quantitative estimate of drug-likeness (QED) is 0.909. The highest BCUT2D eigenvalue weighted by Crippen LogP contribution is 2.39. The van der Waals surface area contributed by atoms with Gasteiger partial charge in [0.05, 0.1) is 7.11 Å². The lowest BCUT2D eigenvalue weighted by Gasteiger charge is -2.25. The number of ether oxygens (including phenoxy) is 1. The zero-order valence-corrected chi connectivity index (χ0v) is 15.5. The van der Waals surface area contributed by atoms with Crippen LogP contribution < -0.4 is 15.0 Å². The topological polar surface area (TPSA) is 24.5 Å². The molecule has 2 aromatic rings. The first-order valence-corrected chi connectivity index (χ1v) is 9.46. The molecule has 2 aliphatic heterocycles. The molecule has 0 aliphatic carbocycles. The van der Waals surface area contributed by atoms with E-state index in [4.69, 9.17) is 4.74 Å². The van der Waals surface area contributed by atoms with Crippen LogP contribution in [0, 0.1) is 0 Å². The highest BCUT2D eigenvalue weighted by atomic mass is 16.5. The second-order valence-electron chi connectivity index (χ2n) is 7.55. The van der Waals surface area contributed by atoms with Gasteiger partial charge in [0.15, 0.2) is 0 Å². The van der Waals surface area contributed by atoms with E-state index in [1.807, 2.05) is 0 Å². The van der Waals surface area contributed by atoms with Gasteiger partial charge in [0.25, 0.3) is 0 Å². The molecule has 0 spiro atoms. The number of hydrogen-bond acceptors (Lipinski definition) is 3. The van der Waals surface area contributed by atoms with Crippen LogP contribution in [-0.2, 0) is 6.42 Å². The van der Waals surface area contributed by atoms with Crippen LogP contribution in [0.5, 0.6) is 5.75 Å². The van der Waals surface area contributed by atoms with E-state index < -0.39 is 0 Å². The molecule has 25 heavy (non-hydrogen) atoms. The maximum absolute atomic E-state index is 5.71. The monoisotopic (exact) mass is 336 g/mol. The van der Waals surface area contributed by atoms with E-state index in [1.165, 1.54) is 40.8 Å². The van der Waals surface area contributed by atoms with Gasteiger partial charge in [0.1, 0.15) is 5.75 Å². The summed E-state index contributed by atoms with van der Waals surface area (Å²) in [4.78, 5) is 2.60. The van der Waals surface area contributed by atoms with Crippen molar-refractivity contribution in [1.82, 2.24) is 5.32 Å². The number of nitrogens with zero attached hydrogens (tertiary/aromatic N) is 1. The molecule has 1 atom stereocenters. The highest BCUT2D eigenvalue weighted by Gasteiger charge is 2.30. The van der Waals surface area contributed by atoms with Crippen molar-refractivity contribution in [2.75, 3.05) is 31.6 Å². The van der Waals surface area contributed by atoms with Gasteiger partial charge in [0.2, 0.25) is 0 Å². The van der Waals surface area contributed by atoms with E-state index in [9.17, 15) is 0 Å². The number of rotatable bonds is 3. The first-order valence-electron chi connectivity index (χ1n) is 9.46. The molecule has 1 fully saturated rings. The third kappa shape index (κ3) is 3.02. The summed E-state index contributed by atoms with van der Waals surface area (Å²) in [5.74, 6) is 1.48. The summed E-state index contributed by atoms with van der Waals surface area (Å²) in [6.07, 6.45) is 2.41. The molecule has 0 aromatic heterocycles.